The van der Waals surface area contributed by atoms with Crippen molar-refractivity contribution in [2.24, 2.45) is 0 Å². The first-order valence-corrected chi connectivity index (χ1v) is 20.2. The van der Waals surface area contributed by atoms with Gasteiger partial charge in [0, 0.05) is 109 Å². The summed E-state index contributed by atoms with van der Waals surface area (Å²) in [6.07, 6.45) is 1.56. The van der Waals surface area contributed by atoms with Gasteiger partial charge in [-0.3, -0.25) is 29.2 Å². The monoisotopic (exact) mass is 814 g/mol. The second-order valence-electron chi connectivity index (χ2n) is 15.1. The van der Waals surface area contributed by atoms with Gasteiger partial charge >= 0.3 is 6.18 Å². The molecule has 4 aromatic rings. The summed E-state index contributed by atoms with van der Waals surface area (Å²) in [6, 6.07) is 19.2. The Morgan fingerprint density at radius 1 is 0.881 bits per heavy atom. The van der Waals surface area contributed by atoms with E-state index in [0.29, 0.717) is 42.1 Å². The zero-order valence-electron chi connectivity index (χ0n) is 33.8. The summed E-state index contributed by atoms with van der Waals surface area (Å²) in [5.41, 5.74) is 3.33. The highest BCUT2D eigenvalue weighted by Crippen LogP contribution is 2.33. The number of piperazine rings is 1. The molecule has 314 valence electrons. The van der Waals surface area contributed by atoms with Gasteiger partial charge in [-0.1, -0.05) is 18.2 Å². The van der Waals surface area contributed by atoms with Crippen molar-refractivity contribution in [3.05, 3.63) is 107 Å². The van der Waals surface area contributed by atoms with E-state index < -0.39 is 23.6 Å². The third kappa shape index (κ3) is 12.3. The molecule has 2 fully saturated rings. The van der Waals surface area contributed by atoms with Crippen LogP contribution in [0.4, 0.5) is 24.5 Å². The Balaban J connectivity index is 1.10. The Morgan fingerprint density at radius 2 is 1.66 bits per heavy atom. The summed E-state index contributed by atoms with van der Waals surface area (Å²) in [5.74, 6) is -0.688. The van der Waals surface area contributed by atoms with E-state index >= 15 is 0 Å². The van der Waals surface area contributed by atoms with Gasteiger partial charge in [0.2, 0.25) is 5.91 Å². The van der Waals surface area contributed by atoms with Crippen molar-refractivity contribution in [1.82, 2.24) is 30.0 Å². The lowest BCUT2D eigenvalue weighted by molar-refractivity contribution is -0.137. The Bertz CT molecular complexity index is 2050. The molecule has 2 aromatic heterocycles. The minimum absolute atomic E-state index is 0.0924. The molecule has 0 saturated carbocycles. The van der Waals surface area contributed by atoms with Crippen LogP contribution in [0.1, 0.15) is 69.8 Å². The predicted molar refractivity (Wildman–Crippen MR) is 221 cm³/mol. The lowest BCUT2D eigenvalue weighted by Gasteiger charge is -2.35. The van der Waals surface area contributed by atoms with Crippen LogP contribution in [-0.4, -0.2) is 116 Å². The van der Waals surface area contributed by atoms with Crippen molar-refractivity contribution in [2.75, 3.05) is 83.3 Å². The number of piperidine rings is 1. The number of rotatable bonds is 16. The number of nitrogens with one attached hydrogen (secondary N) is 2. The number of methoxy groups -OCH3 is 1. The molecule has 0 bridgehead atoms. The third-order valence-electron chi connectivity index (χ3n) is 10.7. The highest BCUT2D eigenvalue weighted by molar-refractivity contribution is 6.05. The van der Waals surface area contributed by atoms with Crippen LogP contribution in [0.5, 0.6) is 0 Å². The number of likely N-dealkylation sites (N-methyl/N-ethyl adjacent to an activating group) is 1. The van der Waals surface area contributed by atoms with Gasteiger partial charge in [-0.05, 0) is 92.9 Å². The van der Waals surface area contributed by atoms with E-state index in [4.69, 9.17) is 9.72 Å². The summed E-state index contributed by atoms with van der Waals surface area (Å²) in [5, 5.41) is 5.75. The molecule has 0 radical (unpaired) electrons. The van der Waals surface area contributed by atoms with Crippen LogP contribution in [-0.2, 0) is 28.8 Å². The van der Waals surface area contributed by atoms with E-state index in [0.717, 1.165) is 102 Å². The van der Waals surface area contributed by atoms with Gasteiger partial charge < -0.3 is 25.2 Å². The predicted octanol–water partition coefficient (Wildman–Crippen LogP) is 6.34. The summed E-state index contributed by atoms with van der Waals surface area (Å²) in [6.45, 7) is 7.58. The summed E-state index contributed by atoms with van der Waals surface area (Å²) >= 11 is 0. The summed E-state index contributed by atoms with van der Waals surface area (Å²) < 4.78 is 44.8. The Hall–Kier alpha value is -5.38. The zero-order valence-corrected chi connectivity index (χ0v) is 33.8. The van der Waals surface area contributed by atoms with Crippen LogP contribution in [0.3, 0.4) is 0 Å². The molecule has 12 nitrogen and oxygen atoms in total. The number of hydrogen-bond acceptors (Lipinski definition) is 9. The average molecular weight is 815 g/mol. The van der Waals surface area contributed by atoms with Gasteiger partial charge in [0.05, 0.1) is 22.6 Å². The van der Waals surface area contributed by atoms with Crippen LogP contribution < -0.4 is 15.5 Å². The molecule has 0 unspecified atom stereocenters. The fourth-order valence-electron chi connectivity index (χ4n) is 7.36. The van der Waals surface area contributed by atoms with Crippen LogP contribution in [0.2, 0.25) is 0 Å². The topological polar surface area (TPSA) is 123 Å². The van der Waals surface area contributed by atoms with E-state index in [2.05, 4.69) is 30.3 Å². The average Bonchev–Trinajstić information content (AvgIpc) is 3.25. The van der Waals surface area contributed by atoms with Crippen molar-refractivity contribution in [3.63, 3.8) is 0 Å². The van der Waals surface area contributed by atoms with Crippen LogP contribution in [0.25, 0.3) is 11.3 Å². The summed E-state index contributed by atoms with van der Waals surface area (Å²) in [7, 11) is 3.66. The molecule has 15 heteroatoms. The van der Waals surface area contributed by atoms with E-state index in [-0.39, 0.29) is 23.7 Å². The minimum atomic E-state index is -4.49. The molecule has 0 aliphatic carbocycles. The van der Waals surface area contributed by atoms with E-state index in [9.17, 15) is 27.6 Å². The molecule has 4 heterocycles. The van der Waals surface area contributed by atoms with Crippen molar-refractivity contribution >= 4 is 29.1 Å². The molecule has 2 aliphatic rings. The Labute approximate surface area is 343 Å². The molecule has 6 rings (SSSR count). The Kier molecular flexibility index (Phi) is 15.0. The molecule has 0 spiro atoms. The lowest BCUT2D eigenvalue weighted by atomic mass is 10.0. The first-order valence-electron chi connectivity index (χ1n) is 20.2. The first kappa shape index (κ1) is 43.2. The van der Waals surface area contributed by atoms with Crippen LogP contribution in [0, 0.1) is 0 Å². The number of aromatic nitrogens is 2. The maximum absolute atomic E-state index is 13.8. The van der Waals surface area contributed by atoms with E-state index in [1.807, 2.05) is 42.3 Å². The normalized spacial score (nSPS) is 15.0. The zero-order chi connectivity index (χ0) is 41.8. The number of alkyl halides is 3. The van der Waals surface area contributed by atoms with Gasteiger partial charge in [0.1, 0.15) is 5.69 Å². The third-order valence-corrected chi connectivity index (χ3v) is 10.7. The van der Waals surface area contributed by atoms with Gasteiger partial charge in [-0.25, -0.2) is 4.98 Å². The van der Waals surface area contributed by atoms with E-state index in [1.54, 1.807) is 25.3 Å². The SMILES string of the molecule is COCCCC(=O)N1CCN(CCN(C)Cc2cccc(C(=O)Nc3ccc(N4CCCCC4)cc3-c3cc(C(=O)NCc4cccc(C(F)(F)F)c4)ccn3)n2)CC1. The standard InChI is InChI=1S/C44H53F3N8O4/c1-52(20-21-53-22-24-55(25-23-53)41(56)13-8-26-59-2)31-35-11-7-12-39(50-35)43(58)51-38-15-14-36(54-18-4-3-5-19-54)29-37(38)40-28-33(16-17-48-40)42(57)49-30-32-9-6-10-34(27-32)44(45,46)47/h6-7,9-12,14-17,27-29H,3-5,8,13,18-26,30-31H2,1-2H3,(H,49,57)(H,51,58). The smallest absolute Gasteiger partial charge is 0.385 e. The van der Waals surface area contributed by atoms with Crippen LogP contribution >= 0.6 is 0 Å². The van der Waals surface area contributed by atoms with Crippen molar-refractivity contribution in [3.8, 4) is 11.3 Å². The number of carbonyl (C=O) groups is 3. The summed E-state index contributed by atoms with van der Waals surface area (Å²) in [4.78, 5) is 57.6. The number of hydrogen-bond donors (Lipinski definition) is 2. The van der Waals surface area contributed by atoms with Crippen molar-refractivity contribution in [1.29, 1.82) is 0 Å². The quantitative estimate of drug-likeness (QED) is 0.125. The molecule has 2 aliphatic heterocycles. The fourth-order valence-corrected chi connectivity index (χ4v) is 7.36. The molecule has 2 saturated heterocycles. The number of amides is 3. The molecule has 2 N–H and O–H groups in total. The van der Waals surface area contributed by atoms with Gasteiger partial charge in [-0.2, -0.15) is 13.2 Å². The Morgan fingerprint density at radius 3 is 2.42 bits per heavy atom. The van der Waals surface area contributed by atoms with Crippen molar-refractivity contribution < 1.29 is 32.3 Å². The van der Waals surface area contributed by atoms with Crippen molar-refractivity contribution in [2.45, 2.75) is 51.4 Å². The highest BCUT2D eigenvalue weighted by Gasteiger charge is 2.30. The molecular formula is C44H53F3N8O4. The number of benzene rings is 2. The van der Waals surface area contributed by atoms with Gasteiger partial charge in [0.15, 0.2) is 0 Å². The number of halogens is 3. The number of ether oxygens (including phenoxy) is 1. The second kappa shape index (κ2) is 20.5. The molecule has 0 atom stereocenters. The fraction of sp³-hybridized carbons (Fsp3) is 0.432. The molecule has 59 heavy (non-hydrogen) atoms. The first-order chi connectivity index (χ1) is 28.5. The molecule has 2 aromatic carbocycles. The molecule has 3 amide bonds. The highest BCUT2D eigenvalue weighted by atomic mass is 19.4. The maximum Gasteiger partial charge on any atom is 0.416 e. The minimum Gasteiger partial charge on any atom is -0.385 e. The largest absolute Gasteiger partial charge is 0.416 e. The lowest BCUT2D eigenvalue weighted by Crippen LogP contribution is -2.50. The van der Waals surface area contributed by atoms with Gasteiger partial charge in [-0.15, -0.1) is 0 Å². The number of pyridine rings is 2. The van der Waals surface area contributed by atoms with E-state index in [1.165, 1.54) is 18.3 Å². The molecular weight excluding hydrogens is 762 g/mol. The van der Waals surface area contributed by atoms with Crippen LogP contribution in [0.15, 0.2) is 79.0 Å². The number of carbonyl (C=O) groups excluding carboxylic acids is 3. The number of nitrogens with zero attached hydrogens (tertiary/aromatic N) is 6. The maximum atomic E-state index is 13.8. The number of anilines is 2. The second-order valence-corrected chi connectivity index (χ2v) is 15.1. The van der Waals surface area contributed by atoms with Gasteiger partial charge in [0.25, 0.3) is 11.8 Å².